The summed E-state index contributed by atoms with van der Waals surface area (Å²) in [5, 5.41) is 1.79. The highest BCUT2D eigenvalue weighted by Gasteiger charge is 2.25. The number of hydrogen-bond donors (Lipinski definition) is 1. The van der Waals surface area contributed by atoms with Gasteiger partial charge < -0.3 is 9.88 Å². The van der Waals surface area contributed by atoms with E-state index in [0.717, 1.165) is 45.9 Å². The van der Waals surface area contributed by atoms with Crippen LogP contribution in [0.25, 0.3) is 21.9 Å². The SMILES string of the molecule is CC1CC(C)CN(c2ncnc3c2[nH]c2ccc(Cl)cc23)C1. The normalized spacial score (nSPS) is 22.6. The van der Waals surface area contributed by atoms with Gasteiger partial charge in [-0.05, 0) is 36.5 Å². The van der Waals surface area contributed by atoms with Gasteiger partial charge in [0.15, 0.2) is 5.82 Å². The third kappa shape index (κ3) is 2.22. The average molecular weight is 315 g/mol. The molecule has 2 unspecified atom stereocenters. The summed E-state index contributed by atoms with van der Waals surface area (Å²) in [5.41, 5.74) is 3.02. The number of fused-ring (bicyclic) bond motifs is 3. The number of H-pyrrole nitrogens is 1. The average Bonchev–Trinajstić information content (AvgIpc) is 2.84. The summed E-state index contributed by atoms with van der Waals surface area (Å²) in [6.45, 7) is 6.72. The van der Waals surface area contributed by atoms with Gasteiger partial charge in [0.05, 0.1) is 0 Å². The zero-order valence-corrected chi connectivity index (χ0v) is 13.6. The van der Waals surface area contributed by atoms with Crippen LogP contribution in [0, 0.1) is 11.8 Å². The van der Waals surface area contributed by atoms with Crippen LogP contribution in [0.15, 0.2) is 24.5 Å². The summed E-state index contributed by atoms with van der Waals surface area (Å²) in [7, 11) is 0. The zero-order chi connectivity index (χ0) is 15.3. The lowest BCUT2D eigenvalue weighted by molar-refractivity contribution is 0.356. The van der Waals surface area contributed by atoms with E-state index in [0.29, 0.717) is 11.8 Å². The Kier molecular flexibility index (Phi) is 3.22. The summed E-state index contributed by atoms with van der Waals surface area (Å²) < 4.78 is 0. The highest BCUT2D eigenvalue weighted by molar-refractivity contribution is 6.31. The van der Waals surface area contributed by atoms with Crippen molar-refractivity contribution in [3.63, 3.8) is 0 Å². The van der Waals surface area contributed by atoms with Crippen molar-refractivity contribution in [2.75, 3.05) is 18.0 Å². The van der Waals surface area contributed by atoms with Gasteiger partial charge in [0.2, 0.25) is 0 Å². The van der Waals surface area contributed by atoms with Gasteiger partial charge in [-0.15, -0.1) is 0 Å². The van der Waals surface area contributed by atoms with Crippen LogP contribution in [0.1, 0.15) is 20.3 Å². The van der Waals surface area contributed by atoms with Crippen molar-refractivity contribution in [1.29, 1.82) is 0 Å². The molecule has 114 valence electrons. The summed E-state index contributed by atoms with van der Waals surface area (Å²) >= 11 is 6.13. The van der Waals surface area contributed by atoms with Crippen molar-refractivity contribution < 1.29 is 0 Å². The molecule has 4 nitrogen and oxygen atoms in total. The number of nitrogens with zero attached hydrogens (tertiary/aromatic N) is 3. The third-order valence-electron chi connectivity index (χ3n) is 4.49. The van der Waals surface area contributed by atoms with Gasteiger partial charge in [-0.1, -0.05) is 25.4 Å². The van der Waals surface area contributed by atoms with E-state index in [9.17, 15) is 0 Å². The largest absolute Gasteiger partial charge is 0.354 e. The van der Waals surface area contributed by atoms with Gasteiger partial charge in [0.1, 0.15) is 17.4 Å². The molecular formula is C17H19ClN4. The van der Waals surface area contributed by atoms with Gasteiger partial charge in [-0.2, -0.15) is 0 Å². The fraction of sp³-hybridized carbons (Fsp3) is 0.412. The van der Waals surface area contributed by atoms with Gasteiger partial charge in [-0.25, -0.2) is 9.97 Å². The molecule has 0 spiro atoms. The van der Waals surface area contributed by atoms with Crippen LogP contribution in [-0.2, 0) is 0 Å². The van der Waals surface area contributed by atoms with Gasteiger partial charge in [0.25, 0.3) is 0 Å². The summed E-state index contributed by atoms with van der Waals surface area (Å²) in [5.74, 6) is 2.39. The second-order valence-corrected chi connectivity index (χ2v) is 7.02. The molecule has 0 saturated carbocycles. The van der Waals surface area contributed by atoms with Crippen LogP contribution in [-0.4, -0.2) is 28.0 Å². The number of rotatable bonds is 1. The van der Waals surface area contributed by atoms with E-state index in [1.165, 1.54) is 6.42 Å². The molecular weight excluding hydrogens is 296 g/mol. The Morgan fingerprint density at radius 1 is 1.18 bits per heavy atom. The Hall–Kier alpha value is -1.81. The summed E-state index contributed by atoms with van der Waals surface area (Å²) in [4.78, 5) is 14.9. The number of anilines is 1. The van der Waals surface area contributed by atoms with E-state index in [2.05, 4.69) is 33.7 Å². The van der Waals surface area contributed by atoms with Crippen molar-refractivity contribution in [1.82, 2.24) is 15.0 Å². The number of piperidine rings is 1. The lowest BCUT2D eigenvalue weighted by atomic mass is 9.92. The lowest BCUT2D eigenvalue weighted by Crippen LogP contribution is -2.39. The minimum absolute atomic E-state index is 0.688. The van der Waals surface area contributed by atoms with Gasteiger partial charge in [-0.3, -0.25) is 0 Å². The molecule has 0 aliphatic carbocycles. The van der Waals surface area contributed by atoms with Crippen LogP contribution in [0.4, 0.5) is 5.82 Å². The molecule has 0 radical (unpaired) electrons. The molecule has 1 fully saturated rings. The molecule has 22 heavy (non-hydrogen) atoms. The smallest absolute Gasteiger partial charge is 0.156 e. The predicted octanol–water partition coefficient (Wildman–Crippen LogP) is 4.25. The molecule has 2 atom stereocenters. The molecule has 3 heterocycles. The van der Waals surface area contributed by atoms with E-state index in [1.807, 2.05) is 18.2 Å². The molecule has 5 heteroatoms. The monoisotopic (exact) mass is 314 g/mol. The van der Waals surface area contributed by atoms with E-state index >= 15 is 0 Å². The Labute approximate surface area is 134 Å². The quantitative estimate of drug-likeness (QED) is 0.730. The maximum absolute atomic E-state index is 6.13. The minimum atomic E-state index is 0.688. The fourth-order valence-corrected chi connectivity index (χ4v) is 3.90. The first-order valence-electron chi connectivity index (χ1n) is 7.78. The molecule has 1 N–H and O–H groups in total. The third-order valence-corrected chi connectivity index (χ3v) is 4.73. The molecule has 1 aliphatic heterocycles. The number of nitrogens with one attached hydrogen (secondary N) is 1. The first kappa shape index (κ1) is 13.8. The lowest BCUT2D eigenvalue weighted by Gasteiger charge is -2.35. The van der Waals surface area contributed by atoms with Crippen LogP contribution >= 0.6 is 11.6 Å². The highest BCUT2D eigenvalue weighted by Crippen LogP contribution is 2.33. The van der Waals surface area contributed by atoms with E-state index < -0.39 is 0 Å². The molecule has 2 aromatic heterocycles. The van der Waals surface area contributed by atoms with Crippen LogP contribution < -0.4 is 4.90 Å². The van der Waals surface area contributed by atoms with Crippen molar-refractivity contribution in [3.8, 4) is 0 Å². The maximum Gasteiger partial charge on any atom is 0.156 e. The predicted molar refractivity (Wildman–Crippen MR) is 91.6 cm³/mol. The Morgan fingerprint density at radius 2 is 1.95 bits per heavy atom. The summed E-state index contributed by atoms with van der Waals surface area (Å²) in [6, 6.07) is 5.87. The fourth-order valence-electron chi connectivity index (χ4n) is 3.73. The van der Waals surface area contributed by atoms with Crippen molar-refractivity contribution in [2.24, 2.45) is 11.8 Å². The second-order valence-electron chi connectivity index (χ2n) is 6.59. The highest BCUT2D eigenvalue weighted by atomic mass is 35.5. The maximum atomic E-state index is 6.13. The molecule has 3 aromatic rings. The Bertz CT molecular complexity index is 831. The molecule has 1 aromatic carbocycles. The molecule has 0 bridgehead atoms. The van der Waals surface area contributed by atoms with E-state index in [4.69, 9.17) is 11.6 Å². The first-order valence-corrected chi connectivity index (χ1v) is 8.16. The Balaban J connectivity index is 1.89. The number of benzene rings is 1. The van der Waals surface area contributed by atoms with Gasteiger partial charge >= 0.3 is 0 Å². The number of aromatic amines is 1. The minimum Gasteiger partial charge on any atom is -0.354 e. The number of hydrogen-bond acceptors (Lipinski definition) is 3. The van der Waals surface area contributed by atoms with E-state index in [1.54, 1.807) is 6.33 Å². The zero-order valence-electron chi connectivity index (χ0n) is 12.8. The second kappa shape index (κ2) is 5.13. The first-order chi connectivity index (χ1) is 10.6. The van der Waals surface area contributed by atoms with Crippen LogP contribution in [0.2, 0.25) is 5.02 Å². The molecule has 1 saturated heterocycles. The number of halogens is 1. The van der Waals surface area contributed by atoms with Crippen LogP contribution in [0.3, 0.4) is 0 Å². The standard InChI is InChI=1S/C17H19ClN4/c1-10-5-11(2)8-22(7-10)17-16-15(19-9-20-17)13-6-12(18)3-4-14(13)21-16/h3-4,6,9-11,21H,5,7-8H2,1-2H3. The Morgan fingerprint density at radius 3 is 2.73 bits per heavy atom. The van der Waals surface area contributed by atoms with Crippen molar-refractivity contribution >= 4 is 39.4 Å². The molecule has 4 rings (SSSR count). The molecule has 1 aliphatic rings. The van der Waals surface area contributed by atoms with Crippen molar-refractivity contribution in [2.45, 2.75) is 20.3 Å². The van der Waals surface area contributed by atoms with Crippen LogP contribution in [0.5, 0.6) is 0 Å². The van der Waals surface area contributed by atoms with Crippen molar-refractivity contribution in [3.05, 3.63) is 29.5 Å². The topological polar surface area (TPSA) is 44.8 Å². The number of aromatic nitrogens is 3. The molecule has 0 amide bonds. The van der Waals surface area contributed by atoms with Gasteiger partial charge in [0, 0.05) is 29.0 Å². The van der Waals surface area contributed by atoms with E-state index in [-0.39, 0.29) is 0 Å². The summed E-state index contributed by atoms with van der Waals surface area (Å²) in [6.07, 6.45) is 2.95.